The van der Waals surface area contributed by atoms with Gasteiger partial charge in [0.25, 0.3) is 0 Å². The van der Waals surface area contributed by atoms with E-state index in [1.54, 1.807) is 0 Å². The van der Waals surface area contributed by atoms with Gasteiger partial charge >= 0.3 is 6.18 Å². The van der Waals surface area contributed by atoms with Crippen LogP contribution in [-0.2, 0) is 9.47 Å². The molecule has 25 heavy (non-hydrogen) atoms. The summed E-state index contributed by atoms with van der Waals surface area (Å²) in [6, 6.07) is 0. The lowest BCUT2D eigenvalue weighted by Crippen LogP contribution is -2.20. The molecule has 1 heterocycles. The molecule has 5 heteroatoms. The number of ether oxygens (including phenoxy) is 2. The van der Waals surface area contributed by atoms with Crippen LogP contribution >= 0.6 is 0 Å². The third kappa shape index (κ3) is 15.7. The summed E-state index contributed by atoms with van der Waals surface area (Å²) in [4.78, 5) is 0. The number of hydrogen-bond acceptors (Lipinski definition) is 2. The van der Waals surface area contributed by atoms with Crippen molar-refractivity contribution in [1.29, 1.82) is 0 Å². The Hall–Kier alpha value is -0.290. The molecule has 150 valence electrons. The number of unbranched alkanes of at least 4 members (excludes halogenated alkanes) is 9. The minimum absolute atomic E-state index is 0.288. The van der Waals surface area contributed by atoms with Crippen LogP contribution in [0.2, 0.25) is 0 Å². The Morgan fingerprint density at radius 1 is 0.760 bits per heavy atom. The van der Waals surface area contributed by atoms with E-state index in [0.717, 1.165) is 51.9 Å². The molecule has 0 saturated carbocycles. The monoisotopic (exact) mass is 366 g/mol. The van der Waals surface area contributed by atoms with Gasteiger partial charge in [0.15, 0.2) is 0 Å². The molecule has 0 N–H and O–H groups in total. The molecular formula is C20H37F3O2. The average Bonchev–Trinajstić information content (AvgIpc) is 2.58. The van der Waals surface area contributed by atoms with Gasteiger partial charge < -0.3 is 9.47 Å². The quantitative estimate of drug-likeness (QED) is 0.296. The summed E-state index contributed by atoms with van der Waals surface area (Å²) in [6.45, 7) is 2.59. The molecule has 1 atom stereocenters. The van der Waals surface area contributed by atoms with E-state index in [1.165, 1.54) is 44.9 Å². The molecule has 0 aromatic carbocycles. The molecule has 0 spiro atoms. The van der Waals surface area contributed by atoms with Crippen molar-refractivity contribution in [3.05, 3.63) is 0 Å². The van der Waals surface area contributed by atoms with Crippen LogP contribution in [0.25, 0.3) is 0 Å². The molecular weight excluding hydrogens is 329 g/mol. The minimum atomic E-state index is -3.98. The summed E-state index contributed by atoms with van der Waals surface area (Å²) in [5.41, 5.74) is 0. The van der Waals surface area contributed by atoms with Gasteiger partial charge in [-0.15, -0.1) is 0 Å². The van der Waals surface area contributed by atoms with Gasteiger partial charge in [0.1, 0.15) is 0 Å². The molecule has 1 aliphatic rings. The van der Waals surface area contributed by atoms with E-state index in [2.05, 4.69) is 0 Å². The lowest BCUT2D eigenvalue weighted by molar-refractivity contribution is -0.135. The van der Waals surface area contributed by atoms with Gasteiger partial charge in [-0.3, -0.25) is 0 Å². The van der Waals surface area contributed by atoms with Crippen molar-refractivity contribution in [2.75, 3.05) is 19.8 Å². The first-order valence-electron chi connectivity index (χ1n) is 10.3. The molecule has 1 fully saturated rings. The first-order chi connectivity index (χ1) is 12.1. The fourth-order valence-corrected chi connectivity index (χ4v) is 3.30. The fraction of sp³-hybridized carbons (Fsp3) is 1.00. The van der Waals surface area contributed by atoms with Crippen LogP contribution in [0.15, 0.2) is 0 Å². The molecule has 0 aromatic heterocycles. The van der Waals surface area contributed by atoms with E-state index < -0.39 is 12.6 Å². The minimum Gasteiger partial charge on any atom is -0.381 e. The summed E-state index contributed by atoms with van der Waals surface area (Å²) < 4.78 is 47.3. The second kappa shape index (κ2) is 14.8. The summed E-state index contributed by atoms with van der Waals surface area (Å²) in [6.07, 6.45) is 10.7. The highest BCUT2D eigenvalue weighted by Gasteiger charge is 2.25. The predicted octanol–water partition coefficient (Wildman–Crippen LogP) is 6.82. The normalized spacial score (nSPS) is 18.6. The molecule has 1 aliphatic heterocycles. The Bertz CT molecular complexity index is 289. The van der Waals surface area contributed by atoms with E-state index in [4.69, 9.17) is 9.47 Å². The molecule has 0 aromatic rings. The van der Waals surface area contributed by atoms with Crippen LogP contribution in [-0.4, -0.2) is 32.1 Å². The SMILES string of the molecule is FC(F)(F)CCCCCCCCCCCCOCCC1CCCCO1. The predicted molar refractivity (Wildman–Crippen MR) is 95.9 cm³/mol. The van der Waals surface area contributed by atoms with E-state index in [0.29, 0.717) is 12.5 Å². The highest BCUT2D eigenvalue weighted by Crippen LogP contribution is 2.23. The highest BCUT2D eigenvalue weighted by molar-refractivity contribution is 4.62. The van der Waals surface area contributed by atoms with Gasteiger partial charge in [0.2, 0.25) is 0 Å². The average molecular weight is 367 g/mol. The third-order valence-electron chi connectivity index (χ3n) is 4.86. The molecule has 1 rings (SSSR count). The van der Waals surface area contributed by atoms with Gasteiger partial charge in [-0.2, -0.15) is 13.2 Å². The Balaban J connectivity index is 1.69. The number of hydrogen-bond donors (Lipinski definition) is 0. The smallest absolute Gasteiger partial charge is 0.381 e. The summed E-state index contributed by atoms with van der Waals surface area (Å²) in [5.74, 6) is 0. The molecule has 0 amide bonds. The van der Waals surface area contributed by atoms with Crippen LogP contribution in [0.4, 0.5) is 13.2 Å². The number of rotatable bonds is 15. The maximum Gasteiger partial charge on any atom is 0.389 e. The lowest BCUT2D eigenvalue weighted by atomic mass is 10.1. The molecule has 2 nitrogen and oxygen atoms in total. The van der Waals surface area contributed by atoms with Crippen molar-refractivity contribution >= 4 is 0 Å². The fourth-order valence-electron chi connectivity index (χ4n) is 3.30. The Labute approximate surface area is 151 Å². The van der Waals surface area contributed by atoms with Gasteiger partial charge in [0, 0.05) is 26.2 Å². The van der Waals surface area contributed by atoms with Crippen LogP contribution in [0.1, 0.15) is 96.3 Å². The summed E-state index contributed by atoms with van der Waals surface area (Å²) in [7, 11) is 0. The second-order valence-electron chi connectivity index (χ2n) is 7.29. The van der Waals surface area contributed by atoms with E-state index in [-0.39, 0.29) is 6.42 Å². The molecule has 0 aliphatic carbocycles. The van der Waals surface area contributed by atoms with Crippen molar-refractivity contribution < 1.29 is 22.6 Å². The summed E-state index contributed by atoms with van der Waals surface area (Å²) in [5, 5.41) is 0. The van der Waals surface area contributed by atoms with Gasteiger partial charge in [-0.1, -0.05) is 51.4 Å². The van der Waals surface area contributed by atoms with Gasteiger partial charge in [-0.05, 0) is 38.5 Å². The maximum atomic E-state index is 12.0. The first kappa shape index (κ1) is 22.8. The van der Waals surface area contributed by atoms with E-state index in [1.807, 2.05) is 0 Å². The third-order valence-corrected chi connectivity index (χ3v) is 4.86. The first-order valence-corrected chi connectivity index (χ1v) is 10.3. The zero-order chi connectivity index (χ0) is 18.2. The number of alkyl halides is 3. The zero-order valence-corrected chi connectivity index (χ0v) is 15.8. The molecule has 1 unspecified atom stereocenters. The topological polar surface area (TPSA) is 18.5 Å². The van der Waals surface area contributed by atoms with Crippen molar-refractivity contribution in [3.8, 4) is 0 Å². The number of halogens is 3. The van der Waals surface area contributed by atoms with Crippen LogP contribution in [0, 0.1) is 0 Å². The van der Waals surface area contributed by atoms with Gasteiger partial charge in [-0.25, -0.2) is 0 Å². The zero-order valence-electron chi connectivity index (χ0n) is 15.8. The van der Waals surface area contributed by atoms with Crippen LogP contribution < -0.4 is 0 Å². The largest absolute Gasteiger partial charge is 0.389 e. The Morgan fingerprint density at radius 3 is 1.92 bits per heavy atom. The standard InChI is InChI=1S/C20H37F3O2/c21-20(22,23)15-10-7-5-3-1-2-4-6-8-11-16-24-18-14-19-13-9-12-17-25-19/h19H,1-18H2. The lowest BCUT2D eigenvalue weighted by Gasteiger charge is -2.22. The summed E-state index contributed by atoms with van der Waals surface area (Å²) >= 11 is 0. The molecule has 0 radical (unpaired) electrons. The van der Waals surface area contributed by atoms with Crippen LogP contribution in [0.5, 0.6) is 0 Å². The van der Waals surface area contributed by atoms with Crippen molar-refractivity contribution in [2.24, 2.45) is 0 Å². The van der Waals surface area contributed by atoms with Crippen LogP contribution in [0.3, 0.4) is 0 Å². The molecule has 1 saturated heterocycles. The highest BCUT2D eigenvalue weighted by atomic mass is 19.4. The van der Waals surface area contributed by atoms with E-state index >= 15 is 0 Å². The van der Waals surface area contributed by atoms with Crippen molar-refractivity contribution in [1.82, 2.24) is 0 Å². The van der Waals surface area contributed by atoms with Gasteiger partial charge in [0.05, 0.1) is 6.10 Å². The molecule has 0 bridgehead atoms. The van der Waals surface area contributed by atoms with E-state index in [9.17, 15) is 13.2 Å². The van der Waals surface area contributed by atoms with Crippen molar-refractivity contribution in [3.63, 3.8) is 0 Å². The Morgan fingerprint density at radius 2 is 1.36 bits per heavy atom. The Kier molecular flexibility index (Phi) is 13.5. The maximum absolute atomic E-state index is 12.0. The second-order valence-corrected chi connectivity index (χ2v) is 7.29. The van der Waals surface area contributed by atoms with Crippen molar-refractivity contribution in [2.45, 2.75) is 109 Å².